The number of methoxy groups -OCH3 is 2. The third kappa shape index (κ3) is 21.8. The quantitative estimate of drug-likeness (QED) is 0.0231. The number of benzene rings is 7. The van der Waals surface area contributed by atoms with Crippen molar-refractivity contribution in [3.8, 4) is 23.0 Å². The van der Waals surface area contributed by atoms with Crippen LogP contribution in [-0.4, -0.2) is 194 Å². The molecule has 0 spiro atoms. The number of hydrogen-bond acceptors (Lipinski definition) is 26. The van der Waals surface area contributed by atoms with Gasteiger partial charge in [0.1, 0.15) is 36.4 Å². The number of aryl methyl sites for hydroxylation is 2. The number of imidazole rings is 2. The Bertz CT molecular complexity index is 6280. The Morgan fingerprint density at radius 3 is 1.38 bits per heavy atom. The average molecular weight is 1860 g/mol. The number of rotatable bonds is 31. The number of nitrogens with one attached hydrogen (secondary N) is 3. The molecule has 7 amide bonds. The number of Topliss-reactive ketones (excluding diaryl/α,β-unsaturated/α-hetero) is 2. The van der Waals surface area contributed by atoms with Crippen molar-refractivity contribution in [1.82, 2.24) is 38.9 Å². The Morgan fingerprint density at radius 2 is 0.940 bits per heavy atom. The van der Waals surface area contributed by atoms with Crippen LogP contribution in [0.25, 0.3) is 20.4 Å². The predicted octanol–water partition coefficient (Wildman–Crippen LogP) is 15.4. The number of thiazole rings is 2. The zero-order valence-electron chi connectivity index (χ0n) is 74.3. The number of carbonyl (C=O) groups excluding carboxylic acids is 9. The maximum absolute atomic E-state index is 14.4. The van der Waals surface area contributed by atoms with Crippen molar-refractivity contribution in [2.24, 2.45) is 14.1 Å². The molecule has 7 aromatic carbocycles. The molecule has 34 nitrogen and oxygen atoms in total. The lowest BCUT2D eigenvalue weighted by Crippen LogP contribution is -2.57. The van der Waals surface area contributed by atoms with Crippen molar-refractivity contribution in [3.05, 3.63) is 243 Å². The lowest BCUT2D eigenvalue weighted by molar-refractivity contribution is -0.199. The van der Waals surface area contributed by atoms with E-state index in [4.69, 9.17) is 47.4 Å². The van der Waals surface area contributed by atoms with Gasteiger partial charge in [0.2, 0.25) is 23.4 Å². The van der Waals surface area contributed by atoms with Crippen molar-refractivity contribution < 1.29 is 100 Å². The van der Waals surface area contributed by atoms with Crippen LogP contribution in [0.4, 0.5) is 38.3 Å². The molecule has 6 atom stereocenters. The number of aromatic carboxylic acids is 1. The summed E-state index contributed by atoms with van der Waals surface area (Å²) in [6.45, 7) is 9.46. The Hall–Kier alpha value is -14.0. The number of hydrogen-bond donors (Lipinski definition) is 4. The summed E-state index contributed by atoms with van der Waals surface area (Å²) in [6, 6.07) is 39.2. The second-order valence-electron chi connectivity index (χ2n) is 33.0. The molecule has 36 heteroatoms. The molecule has 0 bridgehead atoms. The van der Waals surface area contributed by atoms with Crippen molar-refractivity contribution in [1.29, 1.82) is 0 Å². The van der Waals surface area contributed by atoms with Crippen LogP contribution in [0.1, 0.15) is 172 Å². The molecular weight excluding hydrogens is 1760 g/mol. The van der Waals surface area contributed by atoms with Crippen molar-refractivity contribution in [3.63, 3.8) is 0 Å². The van der Waals surface area contributed by atoms with Crippen LogP contribution < -0.4 is 44.7 Å². The number of fused-ring (bicyclic) bond motifs is 6. The van der Waals surface area contributed by atoms with Gasteiger partial charge >= 0.3 is 18.2 Å². The third-order valence-electron chi connectivity index (χ3n) is 23.5. The van der Waals surface area contributed by atoms with Gasteiger partial charge in [-0.15, -0.1) is 22.7 Å². The average Bonchev–Trinajstić information content (AvgIpc) is 1.59. The Morgan fingerprint density at radius 1 is 0.493 bits per heavy atom. The highest BCUT2D eigenvalue weighted by atomic mass is 32.1. The SMILES string of the molecule is C=CCOC(=O)N1c2cc(OCc3cccc(CC(=O)Nc4cn(C)c(C(=O)Cc5nc6cc(C(=O)Nc7ccccc7)ccc6s5)n4)c3)c(OC)cc2C(=O)N2CCCC[C@H]2C1OC1CCCCO1.C=CCOC(=O)N1c2cc(OCc3cccc(CC(=O)Nc4cn(C)c(C(=O)Cc5nc6cc(C(=O)O)ccc6s5)n4)c3)c(OC)cc2C(=O)N2CCCC[C@H]2C1OC1CCCCO1. The summed E-state index contributed by atoms with van der Waals surface area (Å²) in [5.41, 5.74) is 6.19. The van der Waals surface area contributed by atoms with Gasteiger partial charge in [0.25, 0.3) is 17.7 Å². The molecule has 0 aliphatic carbocycles. The lowest BCUT2D eigenvalue weighted by atomic mass is 10.00. The fourth-order valence-corrected chi connectivity index (χ4v) is 19.1. The highest BCUT2D eigenvalue weighted by Crippen LogP contribution is 2.46. The van der Waals surface area contributed by atoms with Gasteiger partial charge in [0.05, 0.1) is 100 Å². The second-order valence-corrected chi connectivity index (χ2v) is 35.2. The van der Waals surface area contributed by atoms with Crippen LogP contribution in [0.2, 0.25) is 0 Å². The Labute approximate surface area is 779 Å². The lowest BCUT2D eigenvalue weighted by Gasteiger charge is -2.42. The molecule has 4 unspecified atom stereocenters. The summed E-state index contributed by atoms with van der Waals surface area (Å²) in [5.74, 6) is -1.32. The predicted molar refractivity (Wildman–Crippen MR) is 498 cm³/mol. The number of para-hydroxylation sites is 1. The fourth-order valence-electron chi connectivity index (χ4n) is 17.2. The summed E-state index contributed by atoms with van der Waals surface area (Å²) >= 11 is 2.66. The van der Waals surface area contributed by atoms with Gasteiger partial charge in [0, 0.05) is 76.2 Å². The minimum atomic E-state index is -1.06. The number of piperidine rings is 2. The minimum Gasteiger partial charge on any atom is -0.493 e. The van der Waals surface area contributed by atoms with E-state index in [2.05, 4.69) is 49.0 Å². The number of ketones is 2. The van der Waals surface area contributed by atoms with E-state index < -0.39 is 55.3 Å². The number of aromatic nitrogens is 6. The number of ether oxygens (including phenoxy) is 10. The molecule has 11 aromatic rings. The highest BCUT2D eigenvalue weighted by molar-refractivity contribution is 7.19. The molecule has 134 heavy (non-hydrogen) atoms. The van der Waals surface area contributed by atoms with Crippen LogP contribution in [0, 0.1) is 0 Å². The number of nitrogens with zero attached hydrogens (tertiary/aromatic N) is 10. The molecule has 4 saturated heterocycles. The smallest absolute Gasteiger partial charge is 0.416 e. The summed E-state index contributed by atoms with van der Waals surface area (Å²) in [4.78, 5) is 159. The first-order valence-electron chi connectivity index (χ1n) is 44.3. The summed E-state index contributed by atoms with van der Waals surface area (Å²) in [7, 11) is 6.30. The molecular formula is C98H101N13O21S2. The van der Waals surface area contributed by atoms with Crippen LogP contribution >= 0.6 is 22.7 Å². The van der Waals surface area contributed by atoms with Crippen molar-refractivity contribution in [2.75, 3.05) is 79.5 Å². The van der Waals surface area contributed by atoms with Gasteiger partial charge in [-0.1, -0.05) is 92.0 Å². The van der Waals surface area contributed by atoms with Crippen LogP contribution in [-0.2, 0) is 91.0 Å². The van der Waals surface area contributed by atoms with Crippen molar-refractivity contribution in [2.45, 2.75) is 153 Å². The topological polar surface area (TPSA) is 394 Å². The molecule has 4 fully saturated rings. The first kappa shape index (κ1) is 93.2. The summed E-state index contributed by atoms with van der Waals surface area (Å²) < 4.78 is 65.4. The van der Waals surface area contributed by atoms with E-state index in [0.29, 0.717) is 95.4 Å². The minimum absolute atomic E-state index is 0.000575. The molecule has 0 radical (unpaired) electrons. The van der Waals surface area contributed by atoms with E-state index in [1.54, 1.807) is 95.5 Å². The highest BCUT2D eigenvalue weighted by Gasteiger charge is 2.49. The zero-order chi connectivity index (χ0) is 93.6. The van der Waals surface area contributed by atoms with E-state index in [9.17, 15) is 53.1 Å². The van der Waals surface area contributed by atoms with Gasteiger partial charge in [-0.25, -0.2) is 44.1 Å². The monoisotopic (exact) mass is 1860 g/mol. The standard InChI is InChI=1S/C52H53N7O10S.C46H48N6O11S/c1-4-22-67-52(64)59-39-28-42(41(65-3)27-36(39)50(63)58-21-10-8-17-38(58)51(59)69-47-18-9-11-23-66-47)68-31-33-14-12-13-32(24-33)25-45(61)55-44-30-57(2)48(56-44)40(60)29-46-54-37-26-34(19-20-43(37)70-46)49(62)53-35-15-6-5-7-16-35;1-4-17-61-46(58)52-33-23-36(35(59-3)22-30(33)43(55)51-16-7-5-12-32(51)44(52)63-41-13-6-8-18-60-41)62-26-28-11-9-10-27(19-28)20-39(54)48-38-25-50(2)42(49-38)34(53)24-40-47-31-21-29(45(56)57)14-15-37(31)64-40/h4-7,12-16,19-20,24,26-28,30,38,47,51H,1,8-11,17-18,21-23,25,29,31H2,2-3H3,(H,53,62)(H,55,61);4,9-11,14-15,19,21-23,25,32,41,44H,1,5-8,12-13,16-18,20,24,26H2,2-3H3,(H,48,54)(H,56,57)/t38-,47?,51?;32-,41?,44?/m00/s1. The first-order chi connectivity index (χ1) is 65.0. The fraction of sp³-hybridized carbons (Fsp3) is 0.347. The van der Waals surface area contributed by atoms with E-state index in [1.807, 2.05) is 72.8 Å². The zero-order valence-corrected chi connectivity index (χ0v) is 76.0. The number of amides is 7. The van der Waals surface area contributed by atoms with E-state index in [1.165, 1.54) is 75.5 Å². The maximum Gasteiger partial charge on any atom is 0.416 e. The first-order valence-corrected chi connectivity index (χ1v) is 45.9. The molecule has 10 heterocycles. The van der Waals surface area contributed by atoms with Gasteiger partial charge in [-0.2, -0.15) is 0 Å². The summed E-state index contributed by atoms with van der Waals surface area (Å²) in [6.07, 6.45) is 11.2. The molecule has 4 aromatic heterocycles. The van der Waals surface area contributed by atoms with Crippen LogP contribution in [0.5, 0.6) is 23.0 Å². The number of carbonyl (C=O) groups is 10. The number of carboxylic acids is 1. The molecule has 4 N–H and O–H groups in total. The largest absolute Gasteiger partial charge is 0.493 e. The molecule has 0 saturated carbocycles. The normalized spacial score (nSPS) is 18.1. The van der Waals surface area contributed by atoms with Gasteiger partial charge in [-0.3, -0.25) is 33.6 Å². The third-order valence-corrected chi connectivity index (χ3v) is 25.6. The van der Waals surface area contributed by atoms with Gasteiger partial charge in [-0.05, 0) is 160 Å². The van der Waals surface area contributed by atoms with E-state index >= 15 is 0 Å². The maximum atomic E-state index is 14.4. The van der Waals surface area contributed by atoms with E-state index in [0.717, 1.165) is 71.9 Å². The van der Waals surface area contributed by atoms with E-state index in [-0.39, 0.29) is 168 Å². The van der Waals surface area contributed by atoms with Gasteiger partial charge < -0.3 is 87.4 Å². The van der Waals surface area contributed by atoms with Gasteiger partial charge in [0.15, 0.2) is 71.3 Å². The Balaban J connectivity index is 0.000000196. The second kappa shape index (κ2) is 42.7. The summed E-state index contributed by atoms with van der Waals surface area (Å²) in [5, 5.41) is 18.8. The molecule has 696 valence electrons. The molecule has 17 rings (SSSR count). The van der Waals surface area contributed by atoms with Crippen LogP contribution in [0.3, 0.4) is 0 Å². The number of carboxylic acid groups (broad SMARTS) is 1. The van der Waals surface area contributed by atoms with Crippen molar-refractivity contribution >= 4 is 131 Å². The van der Waals surface area contributed by atoms with Crippen LogP contribution in [0.15, 0.2) is 177 Å². The Kier molecular flexibility index (Phi) is 29.7. The number of anilines is 5. The molecule has 6 aliphatic rings. The molecule has 6 aliphatic heterocycles.